The van der Waals surface area contributed by atoms with Crippen LogP contribution in [0.3, 0.4) is 0 Å². The molecule has 2 heterocycles. The number of ketones is 1. The summed E-state index contributed by atoms with van der Waals surface area (Å²) in [6, 6.07) is 8.76. The second kappa shape index (κ2) is 6.78. The third-order valence-corrected chi connectivity index (χ3v) is 4.75. The molecule has 28 heavy (non-hydrogen) atoms. The lowest BCUT2D eigenvalue weighted by Crippen LogP contribution is -2.49. The number of aryl methyl sites for hydroxylation is 2. The third kappa shape index (κ3) is 3.37. The largest absolute Gasteiger partial charge is 0.433 e. The Morgan fingerprint density at radius 1 is 1.18 bits per heavy atom. The van der Waals surface area contributed by atoms with Crippen LogP contribution in [-0.2, 0) is 4.79 Å². The Labute approximate surface area is 163 Å². The summed E-state index contributed by atoms with van der Waals surface area (Å²) in [6.07, 6.45) is -0.616. The number of Topliss-reactive ketones (excluding diaryl/α,β-unsaturated/α-hetero) is 1. The van der Waals surface area contributed by atoms with E-state index in [0.29, 0.717) is 5.76 Å². The molecule has 8 nitrogen and oxygen atoms in total. The fourth-order valence-electron chi connectivity index (χ4n) is 3.25. The summed E-state index contributed by atoms with van der Waals surface area (Å²) in [5, 5.41) is 17.4. The molecule has 1 aliphatic rings. The molecule has 0 radical (unpaired) electrons. The number of nitrogens with zero attached hydrogens (tertiary/aromatic N) is 4. The van der Waals surface area contributed by atoms with Gasteiger partial charge < -0.3 is 9.32 Å². The smallest absolute Gasteiger partial charge is 0.401 e. The zero-order valence-electron chi connectivity index (χ0n) is 16.9. The van der Waals surface area contributed by atoms with Crippen molar-refractivity contribution >= 4 is 23.2 Å². The maximum atomic E-state index is 12.4. The van der Waals surface area contributed by atoms with Gasteiger partial charge in [0, 0.05) is 12.5 Å². The molecule has 1 unspecified atom stereocenters. The summed E-state index contributed by atoms with van der Waals surface area (Å²) < 4.78 is 5.52. The van der Waals surface area contributed by atoms with E-state index in [4.69, 9.17) is 4.42 Å². The first-order chi connectivity index (χ1) is 13.0. The first-order valence-electron chi connectivity index (χ1n) is 9.00. The minimum Gasteiger partial charge on any atom is -0.401 e. The minimum atomic E-state index is -0.616. The van der Waals surface area contributed by atoms with E-state index in [1.165, 1.54) is 13.0 Å². The van der Waals surface area contributed by atoms with Crippen LogP contribution in [0.5, 0.6) is 0 Å². The Bertz CT molecular complexity index is 971. The number of carbonyl (C=O) groups is 1. The number of hydrogen-bond donors (Lipinski definition) is 0. The molecule has 1 aromatic carbocycles. The maximum absolute atomic E-state index is 12.4. The lowest BCUT2D eigenvalue weighted by atomic mass is 10.0. The minimum absolute atomic E-state index is 0.188. The number of amidine groups is 1. The summed E-state index contributed by atoms with van der Waals surface area (Å²) in [7, 11) is 0. The van der Waals surface area contributed by atoms with Crippen LogP contribution in [-0.4, -0.2) is 27.0 Å². The topological polar surface area (TPSA) is 92.2 Å². The zero-order chi connectivity index (χ0) is 20.8. The van der Waals surface area contributed by atoms with Crippen molar-refractivity contribution in [2.24, 2.45) is 5.10 Å². The summed E-state index contributed by atoms with van der Waals surface area (Å²) in [5.74, 6) is 0.0992. The summed E-state index contributed by atoms with van der Waals surface area (Å²) >= 11 is 0. The molecule has 8 heteroatoms. The fourth-order valence-corrected chi connectivity index (χ4v) is 3.25. The predicted molar refractivity (Wildman–Crippen MR) is 106 cm³/mol. The number of hydrogen-bond acceptors (Lipinski definition) is 7. The van der Waals surface area contributed by atoms with Crippen molar-refractivity contribution in [3.63, 3.8) is 0 Å². The molecule has 0 amide bonds. The van der Waals surface area contributed by atoms with Gasteiger partial charge in [0.05, 0.1) is 11.8 Å². The van der Waals surface area contributed by atoms with Gasteiger partial charge in [-0.3, -0.25) is 14.9 Å². The number of nitro groups is 1. The average molecular weight is 384 g/mol. The van der Waals surface area contributed by atoms with Gasteiger partial charge in [-0.15, -0.1) is 5.10 Å². The Kier molecular flexibility index (Phi) is 4.74. The van der Waals surface area contributed by atoms with Crippen molar-refractivity contribution in [1.82, 2.24) is 4.90 Å². The molecule has 148 valence electrons. The lowest BCUT2D eigenvalue weighted by molar-refractivity contribution is -0.402. The van der Waals surface area contributed by atoms with Gasteiger partial charge >= 0.3 is 5.88 Å². The van der Waals surface area contributed by atoms with Gasteiger partial charge in [0.1, 0.15) is 4.92 Å². The molecular weight excluding hydrogens is 360 g/mol. The van der Waals surface area contributed by atoms with Crippen LogP contribution in [0.15, 0.2) is 39.9 Å². The summed E-state index contributed by atoms with van der Waals surface area (Å²) in [4.78, 5) is 24.7. The van der Waals surface area contributed by atoms with Crippen LogP contribution in [0.4, 0.5) is 11.6 Å². The quantitative estimate of drug-likeness (QED) is 0.575. The van der Waals surface area contributed by atoms with Crippen molar-refractivity contribution in [2.75, 3.05) is 5.01 Å². The molecule has 0 aliphatic carbocycles. The zero-order valence-corrected chi connectivity index (χ0v) is 16.9. The SMILES string of the molecule is CC(=O)C1=NN(c2ccc(C)c(C)c2)C(c2ccc([N+](=O)[O-])o2)N1C(C)(C)C. The van der Waals surface area contributed by atoms with E-state index < -0.39 is 16.6 Å². The maximum Gasteiger partial charge on any atom is 0.433 e. The van der Waals surface area contributed by atoms with Crippen molar-refractivity contribution in [3.05, 3.63) is 57.3 Å². The van der Waals surface area contributed by atoms with Gasteiger partial charge in [0.2, 0.25) is 0 Å². The highest BCUT2D eigenvalue weighted by atomic mass is 16.6. The molecule has 0 saturated heterocycles. The van der Waals surface area contributed by atoms with Gasteiger partial charge in [0.15, 0.2) is 23.5 Å². The highest BCUT2D eigenvalue weighted by Crippen LogP contribution is 2.41. The van der Waals surface area contributed by atoms with E-state index in [-0.39, 0.29) is 17.5 Å². The van der Waals surface area contributed by atoms with E-state index in [9.17, 15) is 14.9 Å². The first kappa shape index (κ1) is 19.6. The normalized spacial score (nSPS) is 17.1. The molecule has 2 aromatic rings. The molecule has 1 aliphatic heterocycles. The highest BCUT2D eigenvalue weighted by Gasteiger charge is 2.45. The molecule has 3 rings (SSSR count). The van der Waals surface area contributed by atoms with Crippen molar-refractivity contribution in [1.29, 1.82) is 0 Å². The predicted octanol–water partition coefficient (Wildman–Crippen LogP) is 4.33. The van der Waals surface area contributed by atoms with Crippen LogP contribution < -0.4 is 5.01 Å². The van der Waals surface area contributed by atoms with Crippen LogP contribution in [0.25, 0.3) is 0 Å². The fraction of sp³-hybridized carbons (Fsp3) is 0.400. The van der Waals surface area contributed by atoms with Gasteiger partial charge in [-0.05, 0) is 63.9 Å². The highest BCUT2D eigenvalue weighted by molar-refractivity contribution is 6.38. The Morgan fingerprint density at radius 2 is 1.86 bits per heavy atom. The van der Waals surface area contributed by atoms with E-state index in [2.05, 4.69) is 5.10 Å². The van der Waals surface area contributed by atoms with E-state index in [1.54, 1.807) is 11.1 Å². The second-order valence-corrected chi connectivity index (χ2v) is 7.94. The van der Waals surface area contributed by atoms with Crippen molar-refractivity contribution in [2.45, 2.75) is 53.2 Å². The average Bonchev–Trinajstić information content (AvgIpc) is 3.20. The Balaban J connectivity index is 2.19. The molecule has 0 spiro atoms. The molecule has 0 saturated carbocycles. The third-order valence-electron chi connectivity index (χ3n) is 4.75. The van der Waals surface area contributed by atoms with Gasteiger partial charge in [0.25, 0.3) is 0 Å². The molecule has 1 aromatic heterocycles. The number of hydrazone groups is 1. The lowest BCUT2D eigenvalue weighted by Gasteiger charge is -2.39. The summed E-state index contributed by atoms with van der Waals surface area (Å²) in [6.45, 7) is 11.4. The Hall–Kier alpha value is -3.16. The van der Waals surface area contributed by atoms with Crippen LogP contribution in [0.1, 0.15) is 50.7 Å². The number of rotatable bonds is 4. The van der Waals surface area contributed by atoms with Crippen molar-refractivity contribution in [3.8, 4) is 0 Å². The summed E-state index contributed by atoms with van der Waals surface area (Å²) in [5.41, 5.74) is 2.51. The van der Waals surface area contributed by atoms with Gasteiger partial charge in [-0.1, -0.05) is 6.07 Å². The Morgan fingerprint density at radius 3 is 2.36 bits per heavy atom. The first-order valence-corrected chi connectivity index (χ1v) is 9.00. The van der Waals surface area contributed by atoms with Gasteiger partial charge in [-0.25, -0.2) is 5.01 Å². The van der Waals surface area contributed by atoms with E-state index in [0.717, 1.165) is 16.8 Å². The van der Waals surface area contributed by atoms with Crippen LogP contribution in [0.2, 0.25) is 0 Å². The monoisotopic (exact) mass is 384 g/mol. The number of benzene rings is 1. The van der Waals surface area contributed by atoms with E-state index in [1.807, 2.05) is 57.7 Å². The molecular formula is C20H24N4O4. The number of carbonyl (C=O) groups excluding carboxylic acids is 1. The molecule has 0 N–H and O–H groups in total. The standard InChI is InChI=1S/C20H24N4O4/c1-12-7-8-15(11-13(12)2)23-19(16-9-10-17(28-16)24(26)27)22(20(4,5)6)18(21-23)14(3)25/h7-11,19H,1-6H3. The number of furan rings is 1. The van der Waals surface area contributed by atoms with Gasteiger partial charge in [-0.2, -0.15) is 0 Å². The molecule has 1 atom stereocenters. The van der Waals surface area contributed by atoms with Crippen molar-refractivity contribution < 1.29 is 14.1 Å². The number of anilines is 1. The second-order valence-electron chi connectivity index (χ2n) is 7.94. The molecule has 0 fully saturated rings. The van der Waals surface area contributed by atoms with Crippen LogP contribution >= 0.6 is 0 Å². The van der Waals surface area contributed by atoms with E-state index >= 15 is 0 Å². The van der Waals surface area contributed by atoms with Crippen LogP contribution in [0, 0.1) is 24.0 Å². The molecule has 0 bridgehead atoms.